The van der Waals surface area contributed by atoms with Crippen LogP contribution in [-0.2, 0) is 21.2 Å². The van der Waals surface area contributed by atoms with Crippen LogP contribution in [0.3, 0.4) is 0 Å². The molecule has 2 aliphatic rings. The van der Waals surface area contributed by atoms with Crippen LogP contribution in [0.25, 0.3) is 0 Å². The number of hydrogen-bond donors (Lipinski definition) is 0. The van der Waals surface area contributed by atoms with Gasteiger partial charge in [0.2, 0.25) is 0 Å². The van der Waals surface area contributed by atoms with Gasteiger partial charge in [-0.1, -0.05) is 55.4 Å². The summed E-state index contributed by atoms with van der Waals surface area (Å²) in [4.78, 5) is 19.0. The lowest BCUT2D eigenvalue weighted by molar-refractivity contribution is -0.121. The predicted octanol–water partition coefficient (Wildman–Crippen LogP) is 3.03. The van der Waals surface area contributed by atoms with Gasteiger partial charge in [-0.05, 0) is 25.3 Å². The first kappa shape index (κ1) is 19.4. The lowest BCUT2D eigenvalue weighted by Gasteiger charge is -2.24. The van der Waals surface area contributed by atoms with Crippen molar-refractivity contribution < 1.29 is 13.2 Å². The normalized spacial score (nSPS) is 25.8. The molecule has 0 radical (unpaired) electrons. The monoisotopic (exact) mass is 394 g/mol. The van der Waals surface area contributed by atoms with Gasteiger partial charge in [-0.25, -0.2) is 8.42 Å². The molecule has 0 unspecified atom stereocenters. The fourth-order valence-corrected chi connectivity index (χ4v) is 7.49. The smallest absolute Gasteiger partial charge is 0.251 e. The summed E-state index contributed by atoms with van der Waals surface area (Å²) in [5.41, 5.74) is 2.28. The summed E-state index contributed by atoms with van der Waals surface area (Å²) in [6.07, 6.45) is 1.55. The second-order valence-electron chi connectivity index (χ2n) is 7.16. The predicted molar refractivity (Wildman–Crippen MR) is 107 cm³/mol. The zero-order valence-electron chi connectivity index (χ0n) is 15.5. The summed E-state index contributed by atoms with van der Waals surface area (Å²) < 4.78 is 24.1. The number of carbonyl (C=O) groups excluding carboxylic acids is 1. The highest BCUT2D eigenvalue weighted by atomic mass is 32.2. The van der Waals surface area contributed by atoms with E-state index in [1.807, 2.05) is 37.8 Å². The number of aryl methyl sites for hydroxylation is 1. The number of rotatable bonds is 5. The Balaban J connectivity index is 1.88. The van der Waals surface area contributed by atoms with Crippen LogP contribution in [0.4, 0.5) is 0 Å². The molecule has 5 nitrogen and oxygen atoms in total. The van der Waals surface area contributed by atoms with E-state index in [2.05, 4.69) is 17.1 Å². The van der Waals surface area contributed by atoms with Gasteiger partial charge in [0.25, 0.3) is 5.91 Å². The molecule has 26 heavy (non-hydrogen) atoms. The Kier molecular flexibility index (Phi) is 5.77. The number of fused-ring (bicyclic) bond motifs is 1. The zero-order valence-corrected chi connectivity index (χ0v) is 17.1. The minimum atomic E-state index is -3.02. The summed E-state index contributed by atoms with van der Waals surface area (Å²) in [6.45, 7) is 6.62. The van der Waals surface area contributed by atoms with Crippen molar-refractivity contribution in [3.63, 3.8) is 0 Å². The summed E-state index contributed by atoms with van der Waals surface area (Å²) in [5, 5.41) is 0.658. The van der Waals surface area contributed by atoms with Crippen LogP contribution in [0.2, 0.25) is 0 Å². The molecule has 0 N–H and O–H groups in total. The Morgan fingerprint density at radius 2 is 1.88 bits per heavy atom. The molecule has 2 heterocycles. The Hall–Kier alpha value is -1.34. The number of thioether (sulfide) groups is 1. The summed E-state index contributed by atoms with van der Waals surface area (Å²) >= 11 is 1.46. The fraction of sp³-hybridized carbons (Fsp3) is 0.579. The average molecular weight is 395 g/mol. The van der Waals surface area contributed by atoms with Crippen molar-refractivity contribution in [3.05, 3.63) is 35.4 Å². The molecule has 7 heteroatoms. The molecular formula is C19H26N2O3S2. The molecule has 0 aliphatic carbocycles. The van der Waals surface area contributed by atoms with E-state index in [0.717, 1.165) is 18.4 Å². The van der Waals surface area contributed by atoms with Crippen LogP contribution in [0.1, 0.15) is 37.8 Å². The van der Waals surface area contributed by atoms with Gasteiger partial charge < -0.3 is 4.90 Å². The van der Waals surface area contributed by atoms with Crippen LogP contribution in [0.15, 0.2) is 29.3 Å². The SMILES string of the molecule is CCC(CC)C(=O)N=C1S[C@@H]2CS(=O)(=O)C[C@H]2N1Cc1ccc(C)cc1. The van der Waals surface area contributed by atoms with Crippen molar-refractivity contribution in [3.8, 4) is 0 Å². The van der Waals surface area contributed by atoms with Crippen molar-refractivity contribution in [1.82, 2.24) is 4.90 Å². The van der Waals surface area contributed by atoms with Crippen LogP contribution >= 0.6 is 11.8 Å². The van der Waals surface area contributed by atoms with Gasteiger partial charge >= 0.3 is 0 Å². The third-order valence-electron chi connectivity index (χ3n) is 5.19. The number of amidine groups is 1. The van der Waals surface area contributed by atoms with E-state index in [-0.39, 0.29) is 34.6 Å². The number of hydrogen-bond acceptors (Lipinski definition) is 4. The van der Waals surface area contributed by atoms with Crippen molar-refractivity contribution in [1.29, 1.82) is 0 Å². The molecule has 2 saturated heterocycles. The van der Waals surface area contributed by atoms with E-state index in [1.165, 1.54) is 17.3 Å². The minimum absolute atomic E-state index is 0.0290. The minimum Gasteiger partial charge on any atom is -0.342 e. The van der Waals surface area contributed by atoms with Crippen molar-refractivity contribution >= 4 is 32.7 Å². The van der Waals surface area contributed by atoms with E-state index in [9.17, 15) is 13.2 Å². The van der Waals surface area contributed by atoms with Crippen molar-refractivity contribution in [2.45, 2.75) is 51.4 Å². The van der Waals surface area contributed by atoms with Gasteiger partial charge in [0, 0.05) is 17.7 Å². The van der Waals surface area contributed by atoms with Crippen LogP contribution < -0.4 is 0 Å². The Bertz CT molecular complexity index is 799. The Morgan fingerprint density at radius 3 is 2.50 bits per heavy atom. The highest BCUT2D eigenvalue weighted by molar-refractivity contribution is 8.15. The van der Waals surface area contributed by atoms with E-state index in [1.54, 1.807) is 0 Å². The lowest BCUT2D eigenvalue weighted by Crippen LogP contribution is -2.37. The fourth-order valence-electron chi connectivity index (χ4n) is 3.53. The molecule has 1 aromatic rings. The summed E-state index contributed by atoms with van der Waals surface area (Å²) in [5.74, 6) is 0.169. The number of aliphatic imine (C=N–C) groups is 1. The number of nitrogens with zero attached hydrogens (tertiary/aromatic N) is 2. The molecule has 2 fully saturated rings. The lowest BCUT2D eigenvalue weighted by atomic mass is 10.0. The maximum absolute atomic E-state index is 12.5. The van der Waals surface area contributed by atoms with E-state index >= 15 is 0 Å². The van der Waals surface area contributed by atoms with Crippen molar-refractivity contribution in [2.75, 3.05) is 11.5 Å². The highest BCUT2D eigenvalue weighted by Gasteiger charge is 2.48. The largest absolute Gasteiger partial charge is 0.342 e. The van der Waals surface area contributed by atoms with Crippen LogP contribution in [0.5, 0.6) is 0 Å². The van der Waals surface area contributed by atoms with Crippen molar-refractivity contribution in [2.24, 2.45) is 10.9 Å². The number of sulfone groups is 1. The molecule has 1 aromatic carbocycles. The molecular weight excluding hydrogens is 368 g/mol. The molecule has 2 atom stereocenters. The highest BCUT2D eigenvalue weighted by Crippen LogP contribution is 2.39. The average Bonchev–Trinajstić information content (AvgIpc) is 3.03. The molecule has 0 aromatic heterocycles. The second-order valence-corrected chi connectivity index (χ2v) is 10.5. The third-order valence-corrected chi connectivity index (χ3v) is 8.44. The van der Waals surface area contributed by atoms with E-state index < -0.39 is 9.84 Å². The van der Waals surface area contributed by atoms with Crippen LogP contribution in [0, 0.1) is 12.8 Å². The van der Waals surface area contributed by atoms with Gasteiger partial charge in [-0.3, -0.25) is 4.79 Å². The first-order chi connectivity index (χ1) is 12.3. The number of benzene rings is 1. The number of carbonyl (C=O) groups is 1. The molecule has 3 rings (SSSR count). The van der Waals surface area contributed by atoms with E-state index in [4.69, 9.17) is 0 Å². The third kappa shape index (κ3) is 4.14. The van der Waals surface area contributed by atoms with Gasteiger partial charge in [0.15, 0.2) is 15.0 Å². The molecule has 0 bridgehead atoms. The summed E-state index contributed by atoms with van der Waals surface area (Å²) in [6, 6.07) is 8.11. The molecule has 0 spiro atoms. The molecule has 2 aliphatic heterocycles. The topological polar surface area (TPSA) is 66.8 Å². The van der Waals surface area contributed by atoms with Gasteiger partial charge in [0.05, 0.1) is 17.5 Å². The van der Waals surface area contributed by atoms with E-state index in [0.29, 0.717) is 11.7 Å². The molecule has 0 saturated carbocycles. The Morgan fingerprint density at radius 1 is 1.23 bits per heavy atom. The number of amides is 1. The molecule has 142 valence electrons. The molecule has 1 amide bonds. The van der Waals surface area contributed by atoms with Gasteiger partial charge in [-0.2, -0.15) is 4.99 Å². The Labute approximate surface area is 160 Å². The maximum atomic E-state index is 12.5. The quantitative estimate of drug-likeness (QED) is 0.768. The summed E-state index contributed by atoms with van der Waals surface area (Å²) in [7, 11) is -3.02. The zero-order chi connectivity index (χ0) is 18.9. The second kappa shape index (κ2) is 7.72. The van der Waals surface area contributed by atoms with Gasteiger partial charge in [0.1, 0.15) is 0 Å². The first-order valence-corrected chi connectivity index (χ1v) is 11.8. The first-order valence-electron chi connectivity index (χ1n) is 9.14. The van der Waals surface area contributed by atoms with Crippen LogP contribution in [-0.4, -0.2) is 47.2 Å². The standard InChI is InChI=1S/C19H26N2O3S2/c1-4-15(5-2)18(22)20-19-21(10-14-8-6-13(3)7-9-14)16-11-26(23,24)12-17(16)25-19/h6-9,15-17H,4-5,10-12H2,1-3H3/t16-,17-/m1/s1. The van der Waals surface area contributed by atoms with Gasteiger partial charge in [-0.15, -0.1) is 0 Å². The maximum Gasteiger partial charge on any atom is 0.251 e.